The molecule has 4 aromatic rings. The molecule has 4 rings (SSSR count). The number of hydrogen-bond acceptors (Lipinski definition) is 6. The number of carbonyl (C=O) groups is 3. The van der Waals surface area contributed by atoms with Gasteiger partial charge < -0.3 is 16.0 Å². The number of nitrogens with two attached hydrogens (primary N) is 1. The van der Waals surface area contributed by atoms with Crippen LogP contribution in [-0.2, 0) is 19.6 Å². The van der Waals surface area contributed by atoms with E-state index in [-0.39, 0.29) is 22.3 Å². The van der Waals surface area contributed by atoms with Gasteiger partial charge in [-0.2, -0.15) is 0 Å². The fourth-order valence-corrected chi connectivity index (χ4v) is 5.39. The Kier molecular flexibility index (Phi) is 10.6. The Morgan fingerprint density at radius 1 is 0.814 bits per heavy atom. The Morgan fingerprint density at radius 3 is 2.21 bits per heavy atom. The number of primary sulfonamides is 1. The molecule has 0 aromatic heterocycles. The van der Waals surface area contributed by atoms with Gasteiger partial charge in [0.25, 0.3) is 11.8 Å². The van der Waals surface area contributed by atoms with Gasteiger partial charge in [-0.3, -0.25) is 14.4 Å². The van der Waals surface area contributed by atoms with E-state index in [1.54, 1.807) is 66.7 Å². The molecule has 3 amide bonds. The molecule has 4 aromatic carbocycles. The summed E-state index contributed by atoms with van der Waals surface area (Å²) in [7, 11) is -3.83. The monoisotopic (exact) mass is 654 g/mol. The van der Waals surface area contributed by atoms with E-state index < -0.39 is 21.8 Å². The highest BCUT2D eigenvalue weighted by molar-refractivity contribution is 8.00. The molecule has 9 nitrogen and oxygen atoms in total. The van der Waals surface area contributed by atoms with Crippen molar-refractivity contribution in [3.05, 3.63) is 124 Å². The van der Waals surface area contributed by atoms with Gasteiger partial charge in [0.2, 0.25) is 15.9 Å². The zero-order valence-electron chi connectivity index (χ0n) is 22.2. The minimum absolute atomic E-state index is 0.0433. The first-order valence-electron chi connectivity index (χ1n) is 12.5. The number of anilines is 2. The second kappa shape index (κ2) is 14.4. The van der Waals surface area contributed by atoms with Gasteiger partial charge in [-0.15, -0.1) is 11.8 Å². The zero-order chi connectivity index (χ0) is 31.0. The predicted octanol–water partition coefficient (Wildman–Crippen LogP) is 5.78. The third kappa shape index (κ3) is 9.43. The molecule has 0 aliphatic carbocycles. The van der Waals surface area contributed by atoms with Crippen LogP contribution in [0.25, 0.3) is 6.08 Å². The number of sulfonamides is 1. The van der Waals surface area contributed by atoms with Gasteiger partial charge in [-0.05, 0) is 78.4 Å². The number of thioether (sulfide) groups is 1. The molecule has 0 atom stereocenters. The van der Waals surface area contributed by atoms with Crippen molar-refractivity contribution >= 4 is 80.2 Å². The number of carbonyl (C=O) groups excluding carboxylic acids is 3. The van der Waals surface area contributed by atoms with Crippen molar-refractivity contribution in [3.8, 4) is 0 Å². The molecular formula is C30H24Cl2N4O5S2. The highest BCUT2D eigenvalue weighted by Crippen LogP contribution is 2.25. The van der Waals surface area contributed by atoms with E-state index in [1.807, 2.05) is 0 Å². The van der Waals surface area contributed by atoms with Crippen LogP contribution in [0, 0.1) is 0 Å². The molecule has 0 saturated carbocycles. The van der Waals surface area contributed by atoms with Crippen LogP contribution in [0.15, 0.2) is 113 Å². The van der Waals surface area contributed by atoms with Gasteiger partial charge in [0, 0.05) is 31.9 Å². The smallest absolute Gasteiger partial charge is 0.272 e. The summed E-state index contributed by atoms with van der Waals surface area (Å²) in [5.74, 6) is -1.36. The number of benzene rings is 4. The zero-order valence-corrected chi connectivity index (χ0v) is 25.4. The lowest BCUT2D eigenvalue weighted by molar-refractivity contribution is -0.114. The summed E-state index contributed by atoms with van der Waals surface area (Å²) >= 11 is 13.5. The van der Waals surface area contributed by atoms with Crippen molar-refractivity contribution in [2.24, 2.45) is 5.14 Å². The maximum absolute atomic E-state index is 13.3. The summed E-state index contributed by atoms with van der Waals surface area (Å²) in [6, 6.07) is 25.5. The standard InChI is InChI=1S/C30H24Cl2N4O5S2/c31-21-10-9-20(26(32)16-21)15-27(36-29(38)19-5-2-1-3-6-19)30(39)35-23-7-4-8-24(17-23)42-18-28(37)34-22-11-13-25(14-12-22)43(33,40)41/h1-17H,18H2,(H,34,37)(H,35,39)(H,36,38)(H2,33,40,41)/b27-15+. The molecule has 0 heterocycles. The molecule has 0 spiro atoms. The van der Waals surface area contributed by atoms with Crippen LogP contribution in [-0.4, -0.2) is 31.9 Å². The average Bonchev–Trinajstić information content (AvgIpc) is 2.97. The van der Waals surface area contributed by atoms with Gasteiger partial charge >= 0.3 is 0 Å². The maximum Gasteiger partial charge on any atom is 0.272 e. The van der Waals surface area contributed by atoms with Crippen LogP contribution < -0.4 is 21.1 Å². The lowest BCUT2D eigenvalue weighted by Gasteiger charge is -2.13. The SMILES string of the molecule is NS(=O)(=O)c1ccc(NC(=O)CSc2cccc(NC(=O)/C(=C\c3ccc(Cl)cc3Cl)NC(=O)c3ccccc3)c2)cc1. The van der Waals surface area contributed by atoms with Gasteiger partial charge in [0.15, 0.2) is 0 Å². The van der Waals surface area contributed by atoms with E-state index >= 15 is 0 Å². The van der Waals surface area contributed by atoms with Crippen molar-refractivity contribution in [1.29, 1.82) is 0 Å². The van der Waals surface area contributed by atoms with Crippen LogP contribution in [0.5, 0.6) is 0 Å². The second-order valence-electron chi connectivity index (χ2n) is 8.93. The van der Waals surface area contributed by atoms with Gasteiger partial charge in [-0.25, -0.2) is 13.6 Å². The summed E-state index contributed by atoms with van der Waals surface area (Å²) < 4.78 is 22.8. The van der Waals surface area contributed by atoms with Gasteiger partial charge in [0.05, 0.1) is 10.6 Å². The number of hydrogen-bond donors (Lipinski definition) is 4. The van der Waals surface area contributed by atoms with E-state index in [4.69, 9.17) is 28.3 Å². The normalized spacial score (nSPS) is 11.5. The lowest BCUT2D eigenvalue weighted by atomic mass is 10.1. The fourth-order valence-electron chi connectivity index (χ4n) is 3.65. The Balaban J connectivity index is 1.44. The van der Waals surface area contributed by atoms with Crippen LogP contribution in [0.4, 0.5) is 11.4 Å². The van der Waals surface area contributed by atoms with Crippen molar-refractivity contribution in [1.82, 2.24) is 5.32 Å². The fraction of sp³-hybridized carbons (Fsp3) is 0.0333. The molecule has 0 aliphatic rings. The molecule has 0 radical (unpaired) electrons. The highest BCUT2D eigenvalue weighted by Gasteiger charge is 2.16. The largest absolute Gasteiger partial charge is 0.325 e. The first-order chi connectivity index (χ1) is 20.5. The highest BCUT2D eigenvalue weighted by atomic mass is 35.5. The summed E-state index contributed by atoms with van der Waals surface area (Å²) in [5, 5.41) is 13.9. The molecule has 5 N–H and O–H groups in total. The van der Waals surface area contributed by atoms with E-state index in [9.17, 15) is 22.8 Å². The van der Waals surface area contributed by atoms with Gasteiger partial charge in [0.1, 0.15) is 5.70 Å². The van der Waals surface area contributed by atoms with Crippen LogP contribution in [0.3, 0.4) is 0 Å². The van der Waals surface area contributed by atoms with Crippen LogP contribution in [0.2, 0.25) is 10.0 Å². The second-order valence-corrected chi connectivity index (χ2v) is 12.4. The van der Waals surface area contributed by atoms with E-state index in [0.717, 1.165) is 0 Å². The molecule has 0 bridgehead atoms. The van der Waals surface area contributed by atoms with E-state index in [0.29, 0.717) is 37.4 Å². The Hall–Kier alpha value is -4.13. The quantitative estimate of drug-likeness (QED) is 0.126. The van der Waals surface area contributed by atoms with Crippen LogP contribution in [0.1, 0.15) is 15.9 Å². The van der Waals surface area contributed by atoms with Crippen molar-refractivity contribution in [2.45, 2.75) is 9.79 Å². The van der Waals surface area contributed by atoms with Crippen molar-refractivity contribution < 1.29 is 22.8 Å². The minimum atomic E-state index is -3.83. The molecular weight excluding hydrogens is 631 g/mol. The molecule has 220 valence electrons. The van der Waals surface area contributed by atoms with Crippen molar-refractivity contribution in [3.63, 3.8) is 0 Å². The minimum Gasteiger partial charge on any atom is -0.325 e. The lowest BCUT2D eigenvalue weighted by Crippen LogP contribution is -2.30. The van der Waals surface area contributed by atoms with Gasteiger partial charge in [-0.1, -0.05) is 53.5 Å². The number of amides is 3. The summed E-state index contributed by atoms with van der Waals surface area (Å²) in [5.41, 5.74) is 1.62. The molecule has 43 heavy (non-hydrogen) atoms. The summed E-state index contributed by atoms with van der Waals surface area (Å²) in [4.78, 5) is 39.3. The maximum atomic E-state index is 13.3. The molecule has 13 heteroatoms. The summed E-state index contributed by atoms with van der Waals surface area (Å²) in [6.07, 6.45) is 1.45. The Bertz CT molecular complexity index is 1800. The number of halogens is 2. The molecule has 0 fully saturated rings. The van der Waals surface area contributed by atoms with Crippen LogP contribution >= 0.6 is 35.0 Å². The van der Waals surface area contributed by atoms with Crippen molar-refractivity contribution in [2.75, 3.05) is 16.4 Å². The van der Waals surface area contributed by atoms with E-state index in [1.165, 1.54) is 48.2 Å². The van der Waals surface area contributed by atoms with E-state index in [2.05, 4.69) is 16.0 Å². The first-order valence-corrected chi connectivity index (χ1v) is 15.8. The predicted molar refractivity (Wildman–Crippen MR) is 171 cm³/mol. The Labute approximate surface area is 262 Å². The Morgan fingerprint density at radius 2 is 1.53 bits per heavy atom. The molecule has 0 saturated heterocycles. The average molecular weight is 656 g/mol. The topological polar surface area (TPSA) is 147 Å². The number of nitrogens with one attached hydrogen (secondary N) is 3. The number of rotatable bonds is 10. The molecule has 0 aliphatic heterocycles. The third-order valence-electron chi connectivity index (χ3n) is 5.72. The molecule has 0 unspecified atom stereocenters. The third-order valence-corrected chi connectivity index (χ3v) is 8.21. The first kappa shape index (κ1) is 31.8. The summed E-state index contributed by atoms with van der Waals surface area (Å²) in [6.45, 7) is 0.